The smallest absolute Gasteiger partial charge is 0.0929 e. The molecule has 0 aliphatic heterocycles. The molecule has 0 aliphatic rings. The molecule has 0 saturated carbocycles. The molecule has 0 radical (unpaired) electrons. The Morgan fingerprint density at radius 1 is 1.56 bits per heavy atom. The minimum atomic E-state index is 0.0694. The van der Waals surface area contributed by atoms with Crippen LogP contribution in [0, 0.1) is 0 Å². The zero-order chi connectivity index (χ0) is 7.11. The first-order valence-electron chi connectivity index (χ1n) is 3.15. The summed E-state index contributed by atoms with van der Waals surface area (Å²) in [7, 11) is 1.64. The van der Waals surface area contributed by atoms with Crippen molar-refractivity contribution in [1.29, 1.82) is 0 Å². The van der Waals surface area contributed by atoms with Gasteiger partial charge in [0.2, 0.25) is 0 Å². The van der Waals surface area contributed by atoms with E-state index in [1.165, 1.54) is 0 Å². The number of rotatable bonds is 5. The monoisotopic (exact) mass is 133 g/mol. The molecule has 0 saturated heterocycles. The van der Waals surface area contributed by atoms with Crippen molar-refractivity contribution < 1.29 is 9.47 Å². The van der Waals surface area contributed by atoms with E-state index in [2.05, 4.69) is 0 Å². The normalized spacial score (nSPS) is 13.7. The number of nitrogens with two attached hydrogens (primary N) is 1. The molecular formula is C6H15NO2. The summed E-state index contributed by atoms with van der Waals surface area (Å²) in [5.74, 6) is 0. The van der Waals surface area contributed by atoms with Crippen LogP contribution in [-0.2, 0) is 9.47 Å². The van der Waals surface area contributed by atoms with Gasteiger partial charge in [-0.15, -0.1) is 0 Å². The van der Waals surface area contributed by atoms with Crippen LogP contribution >= 0.6 is 0 Å². The predicted octanol–water partition coefficient (Wildman–Crippen LogP) is -0.00340. The van der Waals surface area contributed by atoms with Crippen LogP contribution in [0.15, 0.2) is 0 Å². The van der Waals surface area contributed by atoms with Gasteiger partial charge in [0.25, 0.3) is 0 Å². The molecule has 56 valence electrons. The minimum Gasteiger partial charge on any atom is -0.382 e. The summed E-state index contributed by atoms with van der Waals surface area (Å²) in [6, 6.07) is 0. The van der Waals surface area contributed by atoms with Crippen molar-refractivity contribution in [2.75, 3.05) is 26.9 Å². The Morgan fingerprint density at radius 3 is 2.56 bits per heavy atom. The fourth-order valence-electron chi connectivity index (χ4n) is 0.606. The van der Waals surface area contributed by atoms with Crippen molar-refractivity contribution >= 4 is 0 Å². The SMILES string of the molecule is CCOC(CN)COC. The Balaban J connectivity index is 3.18. The Labute approximate surface area is 56.1 Å². The van der Waals surface area contributed by atoms with E-state index in [0.717, 1.165) is 0 Å². The zero-order valence-corrected chi connectivity index (χ0v) is 6.09. The first-order chi connectivity index (χ1) is 4.35. The molecule has 2 N–H and O–H groups in total. The van der Waals surface area contributed by atoms with Gasteiger partial charge in [0.15, 0.2) is 0 Å². The molecule has 0 aromatic carbocycles. The third-order valence-corrected chi connectivity index (χ3v) is 1.02. The topological polar surface area (TPSA) is 44.5 Å². The highest BCUT2D eigenvalue weighted by atomic mass is 16.5. The summed E-state index contributed by atoms with van der Waals surface area (Å²) < 4.78 is 10.0. The molecule has 0 aliphatic carbocycles. The van der Waals surface area contributed by atoms with Crippen molar-refractivity contribution in [1.82, 2.24) is 0 Å². The minimum absolute atomic E-state index is 0.0694. The van der Waals surface area contributed by atoms with Crippen LogP contribution in [0.5, 0.6) is 0 Å². The van der Waals surface area contributed by atoms with Crippen LogP contribution in [0.1, 0.15) is 6.92 Å². The van der Waals surface area contributed by atoms with Crippen LogP contribution in [0.2, 0.25) is 0 Å². The summed E-state index contributed by atoms with van der Waals surface area (Å²) >= 11 is 0. The van der Waals surface area contributed by atoms with E-state index in [4.69, 9.17) is 15.2 Å². The largest absolute Gasteiger partial charge is 0.382 e. The second-order valence-corrected chi connectivity index (χ2v) is 1.77. The lowest BCUT2D eigenvalue weighted by atomic mass is 10.4. The van der Waals surface area contributed by atoms with Gasteiger partial charge < -0.3 is 15.2 Å². The van der Waals surface area contributed by atoms with E-state index in [9.17, 15) is 0 Å². The molecular weight excluding hydrogens is 118 g/mol. The lowest BCUT2D eigenvalue weighted by Crippen LogP contribution is -2.28. The molecule has 1 atom stereocenters. The number of hydrogen-bond donors (Lipinski definition) is 1. The summed E-state index contributed by atoms with van der Waals surface area (Å²) in [6.45, 7) is 3.76. The molecule has 3 heteroatoms. The van der Waals surface area contributed by atoms with E-state index in [1.807, 2.05) is 6.92 Å². The average Bonchev–Trinajstić information content (AvgIpc) is 1.88. The lowest BCUT2D eigenvalue weighted by Gasteiger charge is -2.12. The standard InChI is InChI=1S/C6H15NO2/c1-3-9-6(4-7)5-8-2/h6H,3-5,7H2,1-2H3. The molecule has 0 amide bonds. The molecule has 0 rings (SSSR count). The summed E-state index contributed by atoms with van der Waals surface area (Å²) in [4.78, 5) is 0. The summed E-state index contributed by atoms with van der Waals surface area (Å²) in [5.41, 5.74) is 5.34. The third kappa shape index (κ3) is 4.39. The van der Waals surface area contributed by atoms with Gasteiger partial charge >= 0.3 is 0 Å². The van der Waals surface area contributed by atoms with Crippen molar-refractivity contribution in [2.45, 2.75) is 13.0 Å². The van der Waals surface area contributed by atoms with E-state index in [-0.39, 0.29) is 6.10 Å². The van der Waals surface area contributed by atoms with Crippen molar-refractivity contribution in [3.63, 3.8) is 0 Å². The maximum Gasteiger partial charge on any atom is 0.0929 e. The average molecular weight is 133 g/mol. The molecule has 3 nitrogen and oxygen atoms in total. The number of methoxy groups -OCH3 is 1. The molecule has 9 heavy (non-hydrogen) atoms. The van der Waals surface area contributed by atoms with Crippen molar-refractivity contribution in [3.05, 3.63) is 0 Å². The van der Waals surface area contributed by atoms with Gasteiger partial charge in [-0.05, 0) is 6.92 Å². The highest BCUT2D eigenvalue weighted by Crippen LogP contribution is 1.88. The van der Waals surface area contributed by atoms with E-state index >= 15 is 0 Å². The second kappa shape index (κ2) is 6.01. The van der Waals surface area contributed by atoms with E-state index in [1.54, 1.807) is 7.11 Å². The highest BCUT2D eigenvalue weighted by Gasteiger charge is 2.02. The Kier molecular flexibility index (Phi) is 5.93. The first-order valence-corrected chi connectivity index (χ1v) is 3.15. The molecule has 0 bridgehead atoms. The fourth-order valence-corrected chi connectivity index (χ4v) is 0.606. The Hall–Kier alpha value is -0.120. The molecule has 0 aromatic rings. The third-order valence-electron chi connectivity index (χ3n) is 1.02. The molecule has 0 heterocycles. The van der Waals surface area contributed by atoms with Gasteiger partial charge in [-0.25, -0.2) is 0 Å². The van der Waals surface area contributed by atoms with Gasteiger partial charge in [0, 0.05) is 20.3 Å². The number of hydrogen-bond acceptors (Lipinski definition) is 3. The highest BCUT2D eigenvalue weighted by molar-refractivity contribution is 4.54. The quantitative estimate of drug-likeness (QED) is 0.574. The molecule has 1 unspecified atom stereocenters. The van der Waals surface area contributed by atoms with Gasteiger partial charge in [0.1, 0.15) is 0 Å². The van der Waals surface area contributed by atoms with Crippen molar-refractivity contribution in [2.24, 2.45) is 5.73 Å². The zero-order valence-electron chi connectivity index (χ0n) is 6.09. The maximum absolute atomic E-state index is 5.34. The van der Waals surface area contributed by atoms with E-state index in [0.29, 0.717) is 19.8 Å². The van der Waals surface area contributed by atoms with Gasteiger partial charge in [0.05, 0.1) is 12.7 Å². The summed E-state index contributed by atoms with van der Waals surface area (Å²) in [6.07, 6.45) is 0.0694. The van der Waals surface area contributed by atoms with Gasteiger partial charge in [-0.3, -0.25) is 0 Å². The second-order valence-electron chi connectivity index (χ2n) is 1.77. The first kappa shape index (κ1) is 8.88. The molecule has 0 aromatic heterocycles. The number of ether oxygens (including phenoxy) is 2. The van der Waals surface area contributed by atoms with Crippen molar-refractivity contribution in [3.8, 4) is 0 Å². The predicted molar refractivity (Wildman–Crippen MR) is 36.3 cm³/mol. The van der Waals surface area contributed by atoms with Crippen LogP contribution < -0.4 is 5.73 Å². The summed E-state index contributed by atoms with van der Waals surface area (Å²) in [5, 5.41) is 0. The lowest BCUT2D eigenvalue weighted by molar-refractivity contribution is 0.00977. The Bertz CT molecular complexity index is 53.0. The fraction of sp³-hybridized carbons (Fsp3) is 1.00. The molecule has 0 spiro atoms. The van der Waals surface area contributed by atoms with Crippen LogP contribution in [0.4, 0.5) is 0 Å². The molecule has 0 fully saturated rings. The Morgan fingerprint density at radius 2 is 2.22 bits per heavy atom. The van der Waals surface area contributed by atoms with Gasteiger partial charge in [-0.1, -0.05) is 0 Å². The van der Waals surface area contributed by atoms with Crippen LogP contribution in [-0.4, -0.2) is 33.0 Å². The maximum atomic E-state index is 5.34. The van der Waals surface area contributed by atoms with Crippen LogP contribution in [0.25, 0.3) is 0 Å². The van der Waals surface area contributed by atoms with Gasteiger partial charge in [-0.2, -0.15) is 0 Å². The van der Waals surface area contributed by atoms with E-state index < -0.39 is 0 Å². The van der Waals surface area contributed by atoms with Crippen LogP contribution in [0.3, 0.4) is 0 Å².